The van der Waals surface area contributed by atoms with Gasteiger partial charge in [0.25, 0.3) is 5.91 Å². The number of carbonyl (C=O) groups is 2. The average molecular weight is 299 g/mol. The summed E-state index contributed by atoms with van der Waals surface area (Å²) in [5.41, 5.74) is 0.485. The zero-order valence-electron chi connectivity index (χ0n) is 10.1. The van der Waals surface area contributed by atoms with Crippen molar-refractivity contribution in [2.45, 2.75) is 25.3 Å². The molecule has 0 N–H and O–H groups in total. The minimum absolute atomic E-state index is 0.164. The van der Waals surface area contributed by atoms with Gasteiger partial charge in [-0.15, -0.1) is 0 Å². The second-order valence-corrected chi connectivity index (χ2v) is 5.57. The van der Waals surface area contributed by atoms with Crippen molar-refractivity contribution in [1.82, 2.24) is 4.90 Å². The fourth-order valence-electron chi connectivity index (χ4n) is 2.65. The number of carbonyl (C=O) groups excluding carboxylic acids is 2. The Morgan fingerprint density at radius 1 is 1.11 bits per heavy atom. The second kappa shape index (κ2) is 4.69. The van der Waals surface area contributed by atoms with Crippen molar-refractivity contribution >= 4 is 40.8 Å². The number of amides is 3. The van der Waals surface area contributed by atoms with E-state index in [1.54, 1.807) is 23.1 Å². The van der Waals surface area contributed by atoms with Crippen molar-refractivity contribution in [3.63, 3.8) is 0 Å². The summed E-state index contributed by atoms with van der Waals surface area (Å²) in [5, 5.41) is 0.742. The Hall–Kier alpha value is -1.26. The molecule has 0 radical (unpaired) electrons. The molecule has 6 heteroatoms. The summed E-state index contributed by atoms with van der Waals surface area (Å²) in [6, 6.07) is 4.22. The van der Waals surface area contributed by atoms with Gasteiger partial charge in [-0.3, -0.25) is 4.79 Å². The molecule has 19 heavy (non-hydrogen) atoms. The zero-order chi connectivity index (χ0) is 13.6. The van der Waals surface area contributed by atoms with Gasteiger partial charge in [0.15, 0.2) is 0 Å². The summed E-state index contributed by atoms with van der Waals surface area (Å²) in [5.74, 6) is -0.164. The van der Waals surface area contributed by atoms with Crippen molar-refractivity contribution < 1.29 is 9.59 Å². The topological polar surface area (TPSA) is 40.6 Å². The van der Waals surface area contributed by atoms with E-state index < -0.39 is 0 Å². The van der Waals surface area contributed by atoms with Crippen LogP contribution in [0.2, 0.25) is 10.0 Å². The monoisotopic (exact) mass is 298 g/mol. The first-order chi connectivity index (χ1) is 9.09. The van der Waals surface area contributed by atoms with Gasteiger partial charge >= 0.3 is 6.03 Å². The summed E-state index contributed by atoms with van der Waals surface area (Å²) in [7, 11) is 0. The first-order valence-electron chi connectivity index (χ1n) is 6.19. The highest BCUT2D eigenvalue weighted by Gasteiger charge is 2.46. The van der Waals surface area contributed by atoms with Gasteiger partial charge in [-0.1, -0.05) is 23.2 Å². The van der Waals surface area contributed by atoms with Crippen LogP contribution in [0, 0.1) is 0 Å². The number of benzene rings is 1. The van der Waals surface area contributed by atoms with Gasteiger partial charge in [-0.2, -0.15) is 0 Å². The molecule has 2 aliphatic rings. The molecule has 2 fully saturated rings. The molecular formula is C13H12Cl2N2O2. The minimum atomic E-state index is -0.310. The standard InChI is InChI=1S/C13H12Cl2N2O2/c14-9-5-4-8(7-10(9)15)17-12(18)11-3-1-2-6-16(11)13(17)19/h4-5,7,11H,1-3,6H2/t11-/m1/s1. The molecule has 1 aromatic carbocycles. The van der Waals surface area contributed by atoms with Gasteiger partial charge in [-0.25, -0.2) is 9.69 Å². The Morgan fingerprint density at radius 2 is 1.89 bits per heavy atom. The smallest absolute Gasteiger partial charge is 0.312 e. The number of anilines is 1. The largest absolute Gasteiger partial charge is 0.332 e. The predicted molar refractivity (Wildman–Crippen MR) is 73.7 cm³/mol. The summed E-state index contributed by atoms with van der Waals surface area (Å²) >= 11 is 11.8. The van der Waals surface area contributed by atoms with Crippen LogP contribution < -0.4 is 4.90 Å². The Bertz CT molecular complexity index is 538. The molecule has 100 valence electrons. The van der Waals surface area contributed by atoms with E-state index in [4.69, 9.17) is 23.2 Å². The lowest BCUT2D eigenvalue weighted by molar-refractivity contribution is -0.120. The fourth-order valence-corrected chi connectivity index (χ4v) is 2.94. The number of urea groups is 1. The number of piperidine rings is 1. The number of rotatable bonds is 1. The number of hydrogen-bond donors (Lipinski definition) is 0. The zero-order valence-corrected chi connectivity index (χ0v) is 11.6. The maximum Gasteiger partial charge on any atom is 0.332 e. The third kappa shape index (κ3) is 1.99. The lowest BCUT2D eigenvalue weighted by Crippen LogP contribution is -2.39. The van der Waals surface area contributed by atoms with Gasteiger partial charge < -0.3 is 4.90 Å². The quantitative estimate of drug-likeness (QED) is 0.746. The molecule has 0 saturated carbocycles. The van der Waals surface area contributed by atoms with Crippen LogP contribution in [0.4, 0.5) is 10.5 Å². The molecule has 0 aromatic heterocycles. The highest BCUT2D eigenvalue weighted by atomic mass is 35.5. The second-order valence-electron chi connectivity index (χ2n) is 4.76. The normalized spacial score (nSPS) is 22.9. The van der Waals surface area contributed by atoms with Crippen LogP contribution >= 0.6 is 23.2 Å². The van der Waals surface area contributed by atoms with Crippen LogP contribution in [-0.4, -0.2) is 29.4 Å². The van der Waals surface area contributed by atoms with Gasteiger partial charge in [0.1, 0.15) is 6.04 Å². The van der Waals surface area contributed by atoms with Crippen molar-refractivity contribution in [3.8, 4) is 0 Å². The van der Waals surface area contributed by atoms with E-state index >= 15 is 0 Å². The predicted octanol–water partition coefficient (Wildman–Crippen LogP) is 3.31. The molecule has 4 nitrogen and oxygen atoms in total. The summed E-state index contributed by atoms with van der Waals surface area (Å²) in [6.45, 7) is 0.646. The SMILES string of the molecule is O=C1[C@H]2CCCCN2C(=O)N1c1ccc(Cl)c(Cl)c1. The molecule has 3 rings (SSSR count). The van der Waals surface area contributed by atoms with E-state index in [0.29, 0.717) is 22.3 Å². The molecule has 0 unspecified atom stereocenters. The first-order valence-corrected chi connectivity index (χ1v) is 6.95. The number of fused-ring (bicyclic) bond motifs is 1. The third-order valence-corrected chi connectivity index (χ3v) is 4.35. The molecular weight excluding hydrogens is 287 g/mol. The van der Waals surface area contributed by atoms with Crippen LogP contribution in [0.25, 0.3) is 0 Å². The number of nitrogens with zero attached hydrogens (tertiary/aromatic N) is 2. The summed E-state index contributed by atoms with van der Waals surface area (Å²) in [4.78, 5) is 27.5. The van der Waals surface area contributed by atoms with E-state index in [1.807, 2.05) is 0 Å². The molecule has 0 aliphatic carbocycles. The highest BCUT2D eigenvalue weighted by Crippen LogP contribution is 2.33. The first kappa shape index (κ1) is 12.8. The Kier molecular flexibility index (Phi) is 3.15. The van der Waals surface area contributed by atoms with Crippen LogP contribution in [0.5, 0.6) is 0 Å². The van der Waals surface area contributed by atoms with Gasteiger partial charge in [0, 0.05) is 6.54 Å². The lowest BCUT2D eigenvalue weighted by atomic mass is 10.0. The van der Waals surface area contributed by atoms with E-state index in [1.165, 1.54) is 4.90 Å². The Labute approximate surface area is 120 Å². The third-order valence-electron chi connectivity index (χ3n) is 3.61. The number of halogens is 2. The van der Waals surface area contributed by atoms with Crippen LogP contribution in [0.3, 0.4) is 0 Å². The lowest BCUT2D eigenvalue weighted by Gasteiger charge is -2.25. The average Bonchev–Trinajstić information content (AvgIpc) is 2.66. The number of imide groups is 1. The molecule has 0 bridgehead atoms. The molecule has 3 amide bonds. The molecule has 0 spiro atoms. The van der Waals surface area contributed by atoms with Gasteiger partial charge in [0.2, 0.25) is 0 Å². The van der Waals surface area contributed by atoms with Crippen LogP contribution in [0.15, 0.2) is 18.2 Å². The van der Waals surface area contributed by atoms with Gasteiger partial charge in [-0.05, 0) is 37.5 Å². The Morgan fingerprint density at radius 3 is 2.58 bits per heavy atom. The molecule has 1 aromatic rings. The van der Waals surface area contributed by atoms with Crippen LogP contribution in [0.1, 0.15) is 19.3 Å². The minimum Gasteiger partial charge on any atom is -0.312 e. The van der Waals surface area contributed by atoms with Crippen LogP contribution in [-0.2, 0) is 4.79 Å². The highest BCUT2D eigenvalue weighted by molar-refractivity contribution is 6.42. The summed E-state index contributed by atoms with van der Waals surface area (Å²) in [6.07, 6.45) is 2.67. The fraction of sp³-hybridized carbons (Fsp3) is 0.385. The van der Waals surface area contributed by atoms with Crippen molar-refractivity contribution in [2.75, 3.05) is 11.4 Å². The maximum atomic E-state index is 12.3. The van der Waals surface area contributed by atoms with E-state index in [0.717, 1.165) is 19.3 Å². The van der Waals surface area contributed by atoms with Gasteiger partial charge in [0.05, 0.1) is 15.7 Å². The van der Waals surface area contributed by atoms with E-state index in [-0.39, 0.29) is 18.0 Å². The molecule has 2 aliphatic heterocycles. The Balaban J connectivity index is 1.98. The van der Waals surface area contributed by atoms with E-state index in [2.05, 4.69) is 0 Å². The molecule has 1 atom stereocenters. The van der Waals surface area contributed by atoms with E-state index in [9.17, 15) is 9.59 Å². The number of hydrogen-bond acceptors (Lipinski definition) is 2. The summed E-state index contributed by atoms with van der Waals surface area (Å²) < 4.78 is 0. The molecule has 2 saturated heterocycles. The molecule has 2 heterocycles. The van der Waals surface area contributed by atoms with Crippen molar-refractivity contribution in [3.05, 3.63) is 28.2 Å². The van der Waals surface area contributed by atoms with Crippen molar-refractivity contribution in [1.29, 1.82) is 0 Å². The van der Waals surface area contributed by atoms with Crippen molar-refractivity contribution in [2.24, 2.45) is 0 Å². The maximum absolute atomic E-state index is 12.3.